The number of benzene rings is 2. The number of hydrogen-bond donors (Lipinski definition) is 1. The third-order valence-electron chi connectivity index (χ3n) is 3.00. The van der Waals surface area contributed by atoms with Crippen LogP contribution in [0.2, 0.25) is 10.0 Å². The standard InChI is InChI=1S/C15H16Cl2N2/c1-10-4-3-5-12(6-10)19(2)9-11-7-13(16)15(18)14(17)8-11/h3-8H,9,18H2,1-2H3. The van der Waals surface area contributed by atoms with Crippen LogP contribution in [0.3, 0.4) is 0 Å². The first-order valence-electron chi connectivity index (χ1n) is 5.98. The molecule has 19 heavy (non-hydrogen) atoms. The Bertz CT molecular complexity index is 573. The van der Waals surface area contributed by atoms with E-state index in [0.717, 1.165) is 17.8 Å². The minimum atomic E-state index is 0.435. The monoisotopic (exact) mass is 294 g/mol. The number of nitrogen functional groups attached to an aromatic ring is 1. The average molecular weight is 295 g/mol. The van der Waals surface area contributed by atoms with E-state index in [1.165, 1.54) is 5.56 Å². The smallest absolute Gasteiger partial charge is 0.0693 e. The van der Waals surface area contributed by atoms with Crippen LogP contribution in [0.25, 0.3) is 0 Å². The van der Waals surface area contributed by atoms with E-state index in [1.807, 2.05) is 25.2 Å². The van der Waals surface area contributed by atoms with Crippen LogP contribution in [-0.4, -0.2) is 7.05 Å². The van der Waals surface area contributed by atoms with Crippen molar-refractivity contribution in [1.82, 2.24) is 0 Å². The lowest BCUT2D eigenvalue weighted by Gasteiger charge is -2.20. The molecule has 2 aromatic rings. The van der Waals surface area contributed by atoms with Crippen LogP contribution in [0.4, 0.5) is 11.4 Å². The third-order valence-corrected chi connectivity index (χ3v) is 3.63. The summed E-state index contributed by atoms with van der Waals surface area (Å²) in [6, 6.07) is 12.1. The van der Waals surface area contributed by atoms with Gasteiger partial charge in [-0.25, -0.2) is 0 Å². The predicted octanol–water partition coefficient (Wildman–Crippen LogP) is 4.52. The van der Waals surface area contributed by atoms with Crippen LogP contribution in [0.1, 0.15) is 11.1 Å². The second kappa shape index (κ2) is 5.72. The predicted molar refractivity (Wildman–Crippen MR) is 84.2 cm³/mol. The molecule has 2 aromatic carbocycles. The first kappa shape index (κ1) is 14.0. The highest BCUT2D eigenvalue weighted by atomic mass is 35.5. The van der Waals surface area contributed by atoms with Crippen LogP contribution in [0.5, 0.6) is 0 Å². The number of anilines is 2. The van der Waals surface area contributed by atoms with Gasteiger partial charge in [-0.15, -0.1) is 0 Å². The molecule has 2 rings (SSSR count). The van der Waals surface area contributed by atoms with E-state index < -0.39 is 0 Å². The molecule has 0 aliphatic carbocycles. The highest BCUT2D eigenvalue weighted by Gasteiger charge is 2.07. The maximum absolute atomic E-state index is 6.05. The molecule has 0 heterocycles. The minimum absolute atomic E-state index is 0.435. The summed E-state index contributed by atoms with van der Waals surface area (Å²) >= 11 is 12.1. The molecule has 0 fully saturated rings. The van der Waals surface area contributed by atoms with Gasteiger partial charge in [-0.05, 0) is 42.3 Å². The molecular weight excluding hydrogens is 279 g/mol. The molecule has 0 aromatic heterocycles. The Balaban J connectivity index is 2.21. The fourth-order valence-corrected chi connectivity index (χ4v) is 2.49. The van der Waals surface area contributed by atoms with E-state index in [0.29, 0.717) is 15.7 Å². The van der Waals surface area contributed by atoms with Gasteiger partial charge < -0.3 is 10.6 Å². The number of rotatable bonds is 3. The Morgan fingerprint density at radius 2 is 1.74 bits per heavy atom. The van der Waals surface area contributed by atoms with E-state index in [2.05, 4.69) is 30.0 Å². The molecule has 0 amide bonds. The fourth-order valence-electron chi connectivity index (χ4n) is 1.96. The van der Waals surface area contributed by atoms with Crippen molar-refractivity contribution in [3.63, 3.8) is 0 Å². The van der Waals surface area contributed by atoms with Gasteiger partial charge in [0.05, 0.1) is 15.7 Å². The normalized spacial score (nSPS) is 10.5. The summed E-state index contributed by atoms with van der Waals surface area (Å²) in [5.41, 5.74) is 9.60. The van der Waals surface area contributed by atoms with Crippen molar-refractivity contribution in [3.8, 4) is 0 Å². The zero-order valence-corrected chi connectivity index (χ0v) is 12.5. The first-order valence-corrected chi connectivity index (χ1v) is 6.74. The lowest BCUT2D eigenvalue weighted by Crippen LogP contribution is -2.16. The van der Waals surface area contributed by atoms with Crippen LogP contribution >= 0.6 is 23.2 Å². The quantitative estimate of drug-likeness (QED) is 0.843. The van der Waals surface area contributed by atoms with Gasteiger partial charge in [0.1, 0.15) is 0 Å². The minimum Gasteiger partial charge on any atom is -0.396 e. The van der Waals surface area contributed by atoms with Crippen molar-refractivity contribution in [2.24, 2.45) is 0 Å². The summed E-state index contributed by atoms with van der Waals surface area (Å²) in [6.45, 7) is 2.80. The van der Waals surface area contributed by atoms with Crippen LogP contribution < -0.4 is 10.6 Å². The average Bonchev–Trinajstić information content (AvgIpc) is 2.36. The van der Waals surface area contributed by atoms with Gasteiger partial charge in [0, 0.05) is 19.3 Å². The molecule has 2 N–H and O–H groups in total. The van der Waals surface area contributed by atoms with Crippen LogP contribution in [0, 0.1) is 6.92 Å². The molecule has 0 unspecified atom stereocenters. The van der Waals surface area contributed by atoms with Gasteiger partial charge in [-0.2, -0.15) is 0 Å². The van der Waals surface area contributed by atoms with Gasteiger partial charge in [0.15, 0.2) is 0 Å². The number of nitrogens with two attached hydrogens (primary N) is 1. The molecule has 0 atom stereocenters. The summed E-state index contributed by atoms with van der Waals surface area (Å²) in [5.74, 6) is 0. The Morgan fingerprint density at radius 1 is 1.11 bits per heavy atom. The first-order chi connectivity index (χ1) is 8.97. The number of hydrogen-bond acceptors (Lipinski definition) is 2. The summed E-state index contributed by atoms with van der Waals surface area (Å²) in [7, 11) is 2.03. The van der Waals surface area contributed by atoms with Crippen molar-refractivity contribution >= 4 is 34.6 Å². The highest BCUT2D eigenvalue weighted by Crippen LogP contribution is 2.29. The molecule has 2 nitrogen and oxygen atoms in total. The SMILES string of the molecule is Cc1cccc(N(C)Cc2cc(Cl)c(N)c(Cl)c2)c1. The van der Waals surface area contributed by atoms with E-state index in [-0.39, 0.29) is 0 Å². The van der Waals surface area contributed by atoms with Crippen molar-refractivity contribution in [2.75, 3.05) is 17.7 Å². The summed E-state index contributed by atoms with van der Waals surface area (Å²) < 4.78 is 0. The largest absolute Gasteiger partial charge is 0.396 e. The topological polar surface area (TPSA) is 29.3 Å². The second-order valence-corrected chi connectivity index (χ2v) is 5.48. The maximum Gasteiger partial charge on any atom is 0.0693 e. The van der Waals surface area contributed by atoms with Gasteiger partial charge in [0.25, 0.3) is 0 Å². The van der Waals surface area contributed by atoms with E-state index >= 15 is 0 Å². The van der Waals surface area contributed by atoms with Gasteiger partial charge in [-0.1, -0.05) is 35.3 Å². The molecular formula is C15H16Cl2N2. The highest BCUT2D eigenvalue weighted by molar-refractivity contribution is 6.38. The van der Waals surface area contributed by atoms with E-state index in [1.54, 1.807) is 0 Å². The zero-order valence-electron chi connectivity index (χ0n) is 11.0. The number of nitrogens with zero attached hydrogens (tertiary/aromatic N) is 1. The van der Waals surface area contributed by atoms with Crippen molar-refractivity contribution < 1.29 is 0 Å². The van der Waals surface area contributed by atoms with E-state index in [4.69, 9.17) is 28.9 Å². The number of aryl methyl sites for hydroxylation is 1. The molecule has 0 aliphatic rings. The van der Waals surface area contributed by atoms with Gasteiger partial charge in [0.2, 0.25) is 0 Å². The lowest BCUT2D eigenvalue weighted by molar-refractivity contribution is 0.922. The van der Waals surface area contributed by atoms with Gasteiger partial charge in [-0.3, -0.25) is 0 Å². The Labute approximate surface area is 123 Å². The Kier molecular flexibility index (Phi) is 4.23. The van der Waals surface area contributed by atoms with Crippen LogP contribution in [-0.2, 0) is 6.54 Å². The van der Waals surface area contributed by atoms with Crippen molar-refractivity contribution in [2.45, 2.75) is 13.5 Å². The molecule has 0 saturated heterocycles. The molecule has 0 bridgehead atoms. The summed E-state index contributed by atoms with van der Waals surface area (Å²) in [6.07, 6.45) is 0. The summed E-state index contributed by atoms with van der Waals surface area (Å²) in [5, 5.41) is 1.00. The molecule has 100 valence electrons. The van der Waals surface area contributed by atoms with Crippen molar-refractivity contribution in [3.05, 3.63) is 57.6 Å². The molecule has 4 heteroatoms. The van der Waals surface area contributed by atoms with Crippen LogP contribution in [0.15, 0.2) is 36.4 Å². The molecule has 0 aliphatic heterocycles. The van der Waals surface area contributed by atoms with Crippen molar-refractivity contribution in [1.29, 1.82) is 0 Å². The third kappa shape index (κ3) is 3.34. The molecule has 0 radical (unpaired) electrons. The lowest BCUT2D eigenvalue weighted by atomic mass is 10.1. The summed E-state index contributed by atoms with van der Waals surface area (Å²) in [4.78, 5) is 2.14. The zero-order chi connectivity index (χ0) is 14.0. The number of halogens is 2. The maximum atomic E-state index is 6.05. The Hall–Kier alpha value is -1.38. The van der Waals surface area contributed by atoms with Gasteiger partial charge >= 0.3 is 0 Å². The molecule has 0 saturated carbocycles. The van der Waals surface area contributed by atoms with E-state index in [9.17, 15) is 0 Å². The second-order valence-electron chi connectivity index (χ2n) is 4.67. The fraction of sp³-hybridized carbons (Fsp3) is 0.200. The molecule has 0 spiro atoms. The Morgan fingerprint density at radius 3 is 2.32 bits per heavy atom.